The molecule has 1 aliphatic rings. The van der Waals surface area contributed by atoms with E-state index in [1.165, 1.54) is 26.0 Å². The van der Waals surface area contributed by atoms with Crippen LogP contribution in [0, 0.1) is 11.7 Å². The SMILES string of the molecule is CC[C@@](C)(c1ccc(F)cc1)C1C(=O)OC(C)(C)OC1=O. The van der Waals surface area contributed by atoms with Gasteiger partial charge >= 0.3 is 11.9 Å². The summed E-state index contributed by atoms with van der Waals surface area (Å²) in [7, 11) is 0. The van der Waals surface area contributed by atoms with Crippen molar-refractivity contribution in [1.82, 2.24) is 0 Å². The zero-order valence-electron chi connectivity index (χ0n) is 12.6. The standard InChI is InChI=1S/C16H19FO4/c1-5-16(4,10-6-8-11(17)9-7-10)12-13(18)20-15(2,3)21-14(12)19/h6-9,12H,5H2,1-4H3/t16-/m0/s1. The Morgan fingerprint density at radius 2 is 1.62 bits per heavy atom. The highest BCUT2D eigenvalue weighted by Crippen LogP contribution is 2.40. The van der Waals surface area contributed by atoms with Crippen LogP contribution >= 0.6 is 0 Å². The second-order valence-corrected chi connectivity index (χ2v) is 5.95. The van der Waals surface area contributed by atoms with Gasteiger partial charge in [-0.15, -0.1) is 0 Å². The van der Waals surface area contributed by atoms with E-state index in [1.807, 2.05) is 6.92 Å². The predicted octanol–water partition coefficient (Wildman–Crippen LogP) is 2.95. The summed E-state index contributed by atoms with van der Waals surface area (Å²) in [5.41, 5.74) is -0.108. The molecule has 1 aromatic carbocycles. The molecule has 1 aliphatic heterocycles. The highest BCUT2D eigenvalue weighted by atomic mass is 19.1. The number of carbonyl (C=O) groups is 2. The molecule has 4 nitrogen and oxygen atoms in total. The van der Waals surface area contributed by atoms with Crippen LogP contribution in [0.25, 0.3) is 0 Å². The minimum Gasteiger partial charge on any atom is -0.422 e. The molecule has 0 aliphatic carbocycles. The van der Waals surface area contributed by atoms with E-state index < -0.39 is 29.1 Å². The lowest BCUT2D eigenvalue weighted by Crippen LogP contribution is -2.53. The number of rotatable bonds is 3. The molecule has 5 heteroatoms. The van der Waals surface area contributed by atoms with E-state index in [0.29, 0.717) is 12.0 Å². The van der Waals surface area contributed by atoms with Gasteiger partial charge in [-0.05, 0) is 24.1 Å². The molecule has 0 bridgehead atoms. The molecule has 0 amide bonds. The first-order valence-electron chi connectivity index (χ1n) is 6.91. The third-order valence-corrected chi connectivity index (χ3v) is 4.04. The van der Waals surface area contributed by atoms with Gasteiger partial charge in [-0.1, -0.05) is 26.0 Å². The van der Waals surface area contributed by atoms with Crippen molar-refractivity contribution in [3.8, 4) is 0 Å². The van der Waals surface area contributed by atoms with E-state index >= 15 is 0 Å². The Hall–Kier alpha value is -1.91. The van der Waals surface area contributed by atoms with E-state index in [9.17, 15) is 14.0 Å². The zero-order valence-corrected chi connectivity index (χ0v) is 12.6. The van der Waals surface area contributed by atoms with E-state index in [-0.39, 0.29) is 5.82 Å². The van der Waals surface area contributed by atoms with Crippen LogP contribution < -0.4 is 0 Å². The molecule has 0 spiro atoms. The molecular formula is C16H19FO4. The smallest absolute Gasteiger partial charge is 0.324 e. The fraction of sp³-hybridized carbons (Fsp3) is 0.500. The Morgan fingerprint density at radius 3 is 2.05 bits per heavy atom. The lowest BCUT2D eigenvalue weighted by Gasteiger charge is -2.41. The van der Waals surface area contributed by atoms with Crippen LogP contribution in [-0.4, -0.2) is 17.7 Å². The van der Waals surface area contributed by atoms with Gasteiger partial charge in [0, 0.05) is 19.3 Å². The first-order chi connectivity index (χ1) is 9.69. The second-order valence-electron chi connectivity index (χ2n) is 5.95. The second kappa shape index (κ2) is 5.13. The topological polar surface area (TPSA) is 52.6 Å². The van der Waals surface area contributed by atoms with E-state index in [4.69, 9.17) is 9.47 Å². The molecule has 2 rings (SSSR count). The molecular weight excluding hydrogens is 275 g/mol. The van der Waals surface area contributed by atoms with Crippen LogP contribution in [-0.2, 0) is 24.5 Å². The Labute approximate surface area is 123 Å². The van der Waals surface area contributed by atoms with E-state index in [1.54, 1.807) is 19.1 Å². The predicted molar refractivity (Wildman–Crippen MR) is 73.8 cm³/mol. The maximum atomic E-state index is 13.1. The summed E-state index contributed by atoms with van der Waals surface area (Å²) in [5, 5.41) is 0. The molecule has 0 N–H and O–H groups in total. The Kier molecular flexibility index (Phi) is 3.78. The van der Waals surface area contributed by atoms with Crippen molar-refractivity contribution in [2.75, 3.05) is 0 Å². The van der Waals surface area contributed by atoms with Gasteiger partial charge in [0.1, 0.15) is 5.82 Å². The lowest BCUT2D eigenvalue weighted by molar-refractivity contribution is -0.243. The average Bonchev–Trinajstić information content (AvgIpc) is 2.36. The first-order valence-corrected chi connectivity index (χ1v) is 6.91. The summed E-state index contributed by atoms with van der Waals surface area (Å²) < 4.78 is 23.5. The van der Waals surface area contributed by atoms with Crippen molar-refractivity contribution < 1.29 is 23.5 Å². The van der Waals surface area contributed by atoms with Crippen LogP contribution in [0.4, 0.5) is 4.39 Å². The summed E-state index contributed by atoms with van der Waals surface area (Å²) in [6, 6.07) is 5.79. The van der Waals surface area contributed by atoms with Crippen molar-refractivity contribution in [1.29, 1.82) is 0 Å². The number of benzene rings is 1. The number of hydrogen-bond acceptors (Lipinski definition) is 4. The molecule has 0 saturated carbocycles. The van der Waals surface area contributed by atoms with Crippen LogP contribution in [0.15, 0.2) is 24.3 Å². The number of cyclic esters (lactones) is 2. The van der Waals surface area contributed by atoms with Gasteiger partial charge in [0.2, 0.25) is 0 Å². The van der Waals surface area contributed by atoms with Gasteiger partial charge in [0.05, 0.1) is 0 Å². The van der Waals surface area contributed by atoms with Gasteiger partial charge in [0.25, 0.3) is 5.79 Å². The number of halogens is 1. The van der Waals surface area contributed by atoms with Gasteiger partial charge in [-0.25, -0.2) is 4.39 Å². The van der Waals surface area contributed by atoms with Gasteiger partial charge in [-0.3, -0.25) is 9.59 Å². The average molecular weight is 294 g/mol. The van der Waals surface area contributed by atoms with Gasteiger partial charge in [0.15, 0.2) is 5.92 Å². The normalized spacial score (nSPS) is 21.4. The number of hydrogen-bond donors (Lipinski definition) is 0. The molecule has 0 radical (unpaired) electrons. The third-order valence-electron chi connectivity index (χ3n) is 4.04. The highest BCUT2D eigenvalue weighted by Gasteiger charge is 2.52. The lowest BCUT2D eigenvalue weighted by atomic mass is 9.69. The first kappa shape index (κ1) is 15.5. The van der Waals surface area contributed by atoms with Crippen LogP contribution in [0.3, 0.4) is 0 Å². The molecule has 21 heavy (non-hydrogen) atoms. The molecule has 0 unspecified atom stereocenters. The van der Waals surface area contributed by atoms with Crippen LogP contribution in [0.5, 0.6) is 0 Å². The molecule has 114 valence electrons. The molecule has 1 fully saturated rings. The van der Waals surface area contributed by atoms with Crippen molar-refractivity contribution in [3.63, 3.8) is 0 Å². The molecule has 1 heterocycles. The molecule has 1 atom stereocenters. The summed E-state index contributed by atoms with van der Waals surface area (Å²) in [6.07, 6.45) is 0.508. The fourth-order valence-corrected chi connectivity index (χ4v) is 2.65. The van der Waals surface area contributed by atoms with E-state index in [0.717, 1.165) is 0 Å². The zero-order chi connectivity index (χ0) is 15.8. The van der Waals surface area contributed by atoms with Crippen LogP contribution in [0.2, 0.25) is 0 Å². The van der Waals surface area contributed by atoms with Crippen LogP contribution in [0.1, 0.15) is 39.7 Å². The minimum absolute atomic E-state index is 0.368. The third kappa shape index (κ3) is 2.77. The summed E-state index contributed by atoms with van der Waals surface area (Å²) in [4.78, 5) is 24.5. The monoisotopic (exact) mass is 294 g/mol. The number of esters is 2. The maximum absolute atomic E-state index is 13.1. The van der Waals surface area contributed by atoms with Crippen molar-refractivity contribution in [2.24, 2.45) is 5.92 Å². The van der Waals surface area contributed by atoms with Crippen molar-refractivity contribution in [2.45, 2.75) is 45.3 Å². The molecule has 1 aromatic rings. The summed E-state index contributed by atoms with van der Waals surface area (Å²) in [6.45, 7) is 6.68. The maximum Gasteiger partial charge on any atom is 0.324 e. The van der Waals surface area contributed by atoms with Crippen molar-refractivity contribution >= 4 is 11.9 Å². The Bertz CT molecular complexity index is 544. The van der Waals surface area contributed by atoms with Gasteiger partial charge in [-0.2, -0.15) is 0 Å². The number of carbonyl (C=O) groups excluding carboxylic acids is 2. The Morgan fingerprint density at radius 1 is 1.14 bits per heavy atom. The van der Waals surface area contributed by atoms with Crippen molar-refractivity contribution in [3.05, 3.63) is 35.6 Å². The van der Waals surface area contributed by atoms with E-state index in [2.05, 4.69) is 0 Å². The van der Waals surface area contributed by atoms with Gasteiger partial charge < -0.3 is 9.47 Å². The summed E-state index contributed by atoms with van der Waals surface area (Å²) >= 11 is 0. The highest BCUT2D eigenvalue weighted by molar-refractivity contribution is 5.98. The minimum atomic E-state index is -1.25. The number of ether oxygens (including phenoxy) is 2. The fourth-order valence-electron chi connectivity index (χ4n) is 2.65. The summed E-state index contributed by atoms with van der Waals surface area (Å²) in [5.74, 6) is -3.88. The Balaban J connectivity index is 2.42. The molecule has 1 saturated heterocycles. The quantitative estimate of drug-likeness (QED) is 0.635. The molecule has 0 aromatic heterocycles. The largest absolute Gasteiger partial charge is 0.422 e.